The molecule has 2 aromatic carbocycles. The molecular weight excluding hydrogens is 399 g/mol. The summed E-state index contributed by atoms with van der Waals surface area (Å²) in [4.78, 5) is 15.8. The van der Waals surface area contributed by atoms with Gasteiger partial charge in [-0.2, -0.15) is 0 Å². The first-order chi connectivity index (χ1) is 15.0. The number of hydrogen-bond donors (Lipinski definition) is 3. The Balaban J connectivity index is 1.41. The highest BCUT2D eigenvalue weighted by atomic mass is 19.1. The van der Waals surface area contributed by atoms with Crippen LogP contribution in [0.2, 0.25) is 0 Å². The maximum absolute atomic E-state index is 13.2. The van der Waals surface area contributed by atoms with Crippen molar-refractivity contribution in [2.75, 3.05) is 46.4 Å². The third kappa shape index (κ3) is 5.31. The van der Waals surface area contributed by atoms with E-state index in [2.05, 4.69) is 7.05 Å². The predicted octanol–water partition coefficient (Wildman–Crippen LogP) is 0.142. The second-order valence-corrected chi connectivity index (χ2v) is 8.37. The zero-order chi connectivity index (χ0) is 21.8. The number of quaternary nitrogens is 2. The highest BCUT2D eigenvalue weighted by Gasteiger charge is 2.21. The summed E-state index contributed by atoms with van der Waals surface area (Å²) < 4.78 is 24.6. The van der Waals surface area contributed by atoms with Crippen LogP contribution in [0.15, 0.2) is 57.9 Å². The maximum atomic E-state index is 13.2. The topological polar surface area (TPSA) is 68.6 Å². The van der Waals surface area contributed by atoms with Gasteiger partial charge in [0.2, 0.25) is 0 Å². The zero-order valence-corrected chi connectivity index (χ0v) is 17.7. The van der Waals surface area contributed by atoms with E-state index >= 15 is 0 Å². The Morgan fingerprint density at radius 2 is 1.94 bits per heavy atom. The average Bonchev–Trinajstić information content (AvgIpc) is 2.97. The number of aliphatic hydroxyl groups is 1. The molecule has 0 amide bonds. The van der Waals surface area contributed by atoms with Crippen LogP contribution in [0.3, 0.4) is 0 Å². The van der Waals surface area contributed by atoms with Crippen LogP contribution in [-0.2, 0) is 0 Å². The molecule has 4 rings (SSSR count). The predicted molar refractivity (Wildman–Crippen MR) is 116 cm³/mol. The minimum Gasteiger partial charge on any atom is -0.491 e. The van der Waals surface area contributed by atoms with Crippen LogP contribution in [0.5, 0.6) is 5.75 Å². The third-order valence-electron chi connectivity index (χ3n) is 5.91. The molecular formula is C24H29FN2O4+2. The number of fused-ring (bicyclic) bond motifs is 1. The maximum Gasteiger partial charge on any atom is 0.200 e. The van der Waals surface area contributed by atoms with Crippen molar-refractivity contribution in [3.8, 4) is 16.9 Å². The summed E-state index contributed by atoms with van der Waals surface area (Å²) in [5, 5.41) is 10.8. The largest absolute Gasteiger partial charge is 0.491 e. The van der Waals surface area contributed by atoms with Gasteiger partial charge in [0.25, 0.3) is 0 Å². The van der Waals surface area contributed by atoms with E-state index in [9.17, 15) is 14.3 Å². The van der Waals surface area contributed by atoms with E-state index in [0.29, 0.717) is 34.4 Å². The molecule has 3 atom stereocenters. The zero-order valence-electron chi connectivity index (χ0n) is 17.7. The summed E-state index contributed by atoms with van der Waals surface area (Å²) >= 11 is 0. The fourth-order valence-electron chi connectivity index (χ4n) is 4.10. The number of halogens is 1. The lowest BCUT2D eigenvalue weighted by Gasteiger charge is -2.20. The summed E-state index contributed by atoms with van der Waals surface area (Å²) in [6.45, 7) is 5.28. The van der Waals surface area contributed by atoms with Gasteiger partial charge in [-0.05, 0) is 29.8 Å². The molecule has 1 aliphatic heterocycles. The van der Waals surface area contributed by atoms with Gasteiger partial charge in [-0.3, -0.25) is 4.79 Å². The number of aliphatic hydroxyl groups excluding tert-OH is 1. The smallest absolute Gasteiger partial charge is 0.200 e. The highest BCUT2D eigenvalue weighted by molar-refractivity contribution is 5.82. The first-order valence-electron chi connectivity index (χ1n) is 10.8. The van der Waals surface area contributed by atoms with Gasteiger partial charge >= 0.3 is 0 Å². The fraction of sp³-hybridized carbons (Fsp3) is 0.375. The van der Waals surface area contributed by atoms with E-state index in [1.165, 1.54) is 36.3 Å². The Hall–Kier alpha value is -2.74. The normalized spacial score (nSPS) is 20.4. The van der Waals surface area contributed by atoms with Gasteiger partial charge < -0.3 is 24.1 Å². The Morgan fingerprint density at radius 1 is 1.13 bits per heavy atom. The van der Waals surface area contributed by atoms with Crippen molar-refractivity contribution in [1.82, 2.24) is 0 Å². The van der Waals surface area contributed by atoms with Gasteiger partial charge in [-0.25, -0.2) is 4.39 Å². The molecule has 3 N–H and O–H groups in total. The van der Waals surface area contributed by atoms with E-state index in [1.54, 1.807) is 35.2 Å². The number of nitrogens with one attached hydrogen (secondary N) is 2. The molecule has 2 unspecified atom stereocenters. The number of hydrogen-bond acceptors (Lipinski definition) is 4. The molecule has 1 fully saturated rings. The van der Waals surface area contributed by atoms with Crippen molar-refractivity contribution in [3.63, 3.8) is 0 Å². The Bertz CT molecular complexity index is 1080. The van der Waals surface area contributed by atoms with E-state index in [0.717, 1.165) is 19.6 Å². The minimum atomic E-state index is -0.558. The van der Waals surface area contributed by atoms with E-state index < -0.39 is 6.10 Å². The molecule has 0 aliphatic carbocycles. The van der Waals surface area contributed by atoms with Crippen LogP contribution in [0.4, 0.5) is 4.39 Å². The van der Waals surface area contributed by atoms with Crippen molar-refractivity contribution in [3.05, 3.63) is 64.8 Å². The van der Waals surface area contributed by atoms with Gasteiger partial charge in [0.1, 0.15) is 55.8 Å². The quantitative estimate of drug-likeness (QED) is 0.523. The number of ether oxygens (including phenoxy) is 1. The van der Waals surface area contributed by atoms with Crippen LogP contribution < -0.4 is 20.0 Å². The average molecular weight is 429 g/mol. The van der Waals surface area contributed by atoms with E-state index in [4.69, 9.17) is 9.15 Å². The van der Waals surface area contributed by atoms with E-state index in [-0.39, 0.29) is 17.9 Å². The van der Waals surface area contributed by atoms with Crippen molar-refractivity contribution in [2.24, 2.45) is 0 Å². The summed E-state index contributed by atoms with van der Waals surface area (Å²) in [5.74, 6) is 0.183. The molecule has 1 aromatic heterocycles. The molecule has 0 bridgehead atoms. The summed E-state index contributed by atoms with van der Waals surface area (Å²) in [6.07, 6.45) is 1.99. The first-order valence-corrected chi connectivity index (χ1v) is 10.8. The Morgan fingerprint density at radius 3 is 2.74 bits per heavy atom. The lowest BCUT2D eigenvalue weighted by molar-refractivity contribution is -0.931. The Kier molecular flexibility index (Phi) is 6.65. The van der Waals surface area contributed by atoms with Crippen LogP contribution >= 0.6 is 0 Å². The van der Waals surface area contributed by atoms with Crippen molar-refractivity contribution in [2.45, 2.75) is 12.5 Å². The number of benzene rings is 2. The van der Waals surface area contributed by atoms with E-state index in [1.807, 2.05) is 0 Å². The van der Waals surface area contributed by atoms with Crippen LogP contribution in [0, 0.1) is 5.82 Å². The first kappa shape index (κ1) is 21.5. The molecule has 7 heteroatoms. The molecule has 0 saturated carbocycles. The molecule has 1 aliphatic rings. The van der Waals surface area contributed by atoms with Crippen LogP contribution in [0.25, 0.3) is 22.1 Å². The lowest BCUT2D eigenvalue weighted by Crippen LogP contribution is -3.17. The molecule has 31 heavy (non-hydrogen) atoms. The number of likely N-dealkylation sites (N-methyl/N-ethyl adjacent to an activating group) is 1. The van der Waals surface area contributed by atoms with Crippen LogP contribution in [0.1, 0.15) is 6.42 Å². The standard InChI is InChI=1S/C24H27FN2O4/c1-26-9-2-10-27(12-11-26)14-19(28)15-30-20-7-8-21-23(13-20)31-16-22(24(21)29)17-3-5-18(25)6-4-17/h3-8,13,16,19,28H,2,9-12,14-15H2,1H3/p+2/t19-/m1/s1. The number of rotatable bonds is 6. The van der Waals surface area contributed by atoms with Gasteiger partial charge in [-0.15, -0.1) is 0 Å². The molecule has 164 valence electrons. The Labute approximate surface area is 180 Å². The summed E-state index contributed by atoms with van der Waals surface area (Å²) in [6, 6.07) is 10.8. The molecule has 6 nitrogen and oxygen atoms in total. The minimum absolute atomic E-state index is 0.184. The fourth-order valence-corrected chi connectivity index (χ4v) is 4.10. The van der Waals surface area contributed by atoms with Crippen molar-refractivity contribution in [1.29, 1.82) is 0 Å². The summed E-state index contributed by atoms with van der Waals surface area (Å²) in [7, 11) is 2.21. The van der Waals surface area contributed by atoms with Crippen LogP contribution in [-0.4, -0.2) is 57.6 Å². The molecule has 1 saturated heterocycles. The van der Waals surface area contributed by atoms with Gasteiger partial charge in [0.15, 0.2) is 5.43 Å². The van der Waals surface area contributed by atoms with Gasteiger partial charge in [0, 0.05) is 12.5 Å². The molecule has 3 aromatic rings. The highest BCUT2D eigenvalue weighted by Crippen LogP contribution is 2.23. The SMILES string of the molecule is C[NH+]1CCC[NH+](C[C@@H](O)COc2ccc3c(=O)c(-c4ccc(F)cc4)coc3c2)CC1. The monoisotopic (exact) mass is 428 g/mol. The second-order valence-electron chi connectivity index (χ2n) is 8.37. The second kappa shape index (κ2) is 9.60. The third-order valence-corrected chi connectivity index (χ3v) is 5.91. The lowest BCUT2D eigenvalue weighted by atomic mass is 10.1. The molecule has 0 spiro atoms. The van der Waals surface area contributed by atoms with Gasteiger partial charge in [-0.1, -0.05) is 12.1 Å². The van der Waals surface area contributed by atoms with Crippen molar-refractivity contribution >= 4 is 11.0 Å². The van der Waals surface area contributed by atoms with Crippen molar-refractivity contribution < 1.29 is 28.5 Å². The molecule has 0 radical (unpaired) electrons. The molecule has 2 heterocycles. The van der Waals surface area contributed by atoms with Gasteiger partial charge in [0.05, 0.1) is 31.1 Å². The summed E-state index contributed by atoms with van der Waals surface area (Å²) in [5.41, 5.74) is 1.21.